The maximum Gasteiger partial charge on any atom is 0.240 e. The Hall–Kier alpha value is -1.00. The van der Waals surface area contributed by atoms with Crippen LogP contribution >= 0.6 is 0 Å². The molecule has 0 radical (unpaired) electrons. The zero-order valence-electron chi connectivity index (χ0n) is 12.6. The van der Waals surface area contributed by atoms with Gasteiger partial charge in [0.15, 0.2) is 0 Å². The number of ether oxygens (including phenoxy) is 1. The van der Waals surface area contributed by atoms with Gasteiger partial charge in [0.25, 0.3) is 0 Å². The molecule has 0 spiro atoms. The van der Waals surface area contributed by atoms with Gasteiger partial charge in [-0.1, -0.05) is 19.9 Å². The minimum absolute atomic E-state index is 0.0176. The largest absolute Gasteiger partial charge is 0.381 e. The summed E-state index contributed by atoms with van der Waals surface area (Å²) < 4.78 is 55.4. The quantitative estimate of drug-likeness (QED) is 0.800. The molecule has 7 nitrogen and oxygen atoms in total. The molecule has 2 atom stereocenters. The number of hydrogen-bond acceptors (Lipinski definition) is 5. The van der Waals surface area contributed by atoms with Gasteiger partial charge in [0.2, 0.25) is 20.0 Å². The Morgan fingerprint density at radius 2 is 1.82 bits per heavy atom. The highest BCUT2D eigenvalue weighted by atomic mass is 32.2. The third kappa shape index (κ3) is 3.18. The zero-order chi connectivity index (χ0) is 16.8. The molecule has 2 rings (SSSR count). The standard InChI is InChI=1S/C13H20N2O5S2/c1-13(2)11(8-12(13)20-3)15-22(18,19)10-6-4-5-9(7-10)21(14,16)17/h4-7,11-12,15H,8H2,1-3H3,(H2,14,16,17). The molecule has 2 unspecified atom stereocenters. The highest BCUT2D eigenvalue weighted by Crippen LogP contribution is 2.43. The van der Waals surface area contributed by atoms with Gasteiger partial charge in [-0.3, -0.25) is 0 Å². The lowest BCUT2D eigenvalue weighted by Gasteiger charge is -2.50. The van der Waals surface area contributed by atoms with E-state index in [1.807, 2.05) is 13.8 Å². The minimum Gasteiger partial charge on any atom is -0.381 e. The number of hydrogen-bond donors (Lipinski definition) is 2. The van der Waals surface area contributed by atoms with Gasteiger partial charge in [-0.2, -0.15) is 0 Å². The molecule has 1 aromatic rings. The van der Waals surface area contributed by atoms with Crippen LogP contribution in [-0.4, -0.2) is 36.1 Å². The van der Waals surface area contributed by atoms with Crippen LogP contribution in [0.25, 0.3) is 0 Å². The van der Waals surface area contributed by atoms with E-state index < -0.39 is 20.0 Å². The zero-order valence-corrected chi connectivity index (χ0v) is 14.2. The van der Waals surface area contributed by atoms with Crippen molar-refractivity contribution in [2.24, 2.45) is 10.6 Å². The molecule has 124 valence electrons. The van der Waals surface area contributed by atoms with Crippen molar-refractivity contribution in [3.8, 4) is 0 Å². The summed E-state index contributed by atoms with van der Waals surface area (Å²) in [5.41, 5.74) is -0.334. The van der Waals surface area contributed by atoms with Gasteiger partial charge in [0, 0.05) is 18.6 Å². The van der Waals surface area contributed by atoms with E-state index in [9.17, 15) is 16.8 Å². The number of primary sulfonamides is 1. The van der Waals surface area contributed by atoms with E-state index in [0.717, 1.165) is 6.07 Å². The lowest BCUT2D eigenvalue weighted by atomic mass is 9.65. The van der Waals surface area contributed by atoms with Crippen molar-refractivity contribution in [3.63, 3.8) is 0 Å². The second-order valence-electron chi connectivity index (χ2n) is 5.98. The average Bonchev–Trinajstić information content (AvgIpc) is 2.42. The summed E-state index contributed by atoms with van der Waals surface area (Å²) in [6, 6.07) is 4.70. The smallest absolute Gasteiger partial charge is 0.240 e. The van der Waals surface area contributed by atoms with E-state index >= 15 is 0 Å². The van der Waals surface area contributed by atoms with Crippen LogP contribution in [0.15, 0.2) is 34.1 Å². The van der Waals surface area contributed by atoms with Crippen molar-refractivity contribution in [1.82, 2.24) is 4.72 Å². The molecule has 0 aliphatic heterocycles. The first-order valence-electron chi connectivity index (χ1n) is 6.66. The van der Waals surface area contributed by atoms with Gasteiger partial charge in [-0.15, -0.1) is 0 Å². The van der Waals surface area contributed by atoms with E-state index in [0.29, 0.717) is 6.42 Å². The fourth-order valence-electron chi connectivity index (χ4n) is 2.56. The van der Waals surface area contributed by atoms with E-state index in [2.05, 4.69) is 4.72 Å². The van der Waals surface area contributed by atoms with Crippen LogP contribution in [0.1, 0.15) is 20.3 Å². The normalized spacial score (nSPS) is 24.7. The monoisotopic (exact) mass is 348 g/mol. The predicted octanol–water partition coefficient (Wildman–Crippen LogP) is 0.426. The summed E-state index contributed by atoms with van der Waals surface area (Å²) in [6.45, 7) is 3.83. The molecular weight excluding hydrogens is 328 g/mol. The maximum absolute atomic E-state index is 12.4. The van der Waals surface area contributed by atoms with E-state index in [1.54, 1.807) is 7.11 Å². The Morgan fingerprint density at radius 3 is 2.32 bits per heavy atom. The summed E-state index contributed by atoms with van der Waals surface area (Å²) in [4.78, 5) is -0.367. The van der Waals surface area contributed by atoms with Crippen molar-refractivity contribution >= 4 is 20.0 Å². The molecule has 0 bridgehead atoms. The first-order chi connectivity index (χ1) is 9.98. The summed E-state index contributed by atoms with van der Waals surface area (Å²) in [5, 5.41) is 5.03. The lowest BCUT2D eigenvalue weighted by molar-refractivity contribution is -0.0908. The minimum atomic E-state index is -3.95. The molecule has 9 heteroatoms. The van der Waals surface area contributed by atoms with Crippen molar-refractivity contribution in [2.45, 2.75) is 42.2 Å². The number of nitrogens with two attached hydrogens (primary N) is 1. The average molecular weight is 348 g/mol. The van der Waals surface area contributed by atoms with Crippen LogP contribution in [0, 0.1) is 5.41 Å². The van der Waals surface area contributed by atoms with Crippen molar-refractivity contribution in [2.75, 3.05) is 7.11 Å². The van der Waals surface area contributed by atoms with Crippen molar-refractivity contribution in [1.29, 1.82) is 0 Å². The summed E-state index contributed by atoms with van der Waals surface area (Å²) in [6.07, 6.45) is 0.549. The van der Waals surface area contributed by atoms with Crippen LogP contribution in [-0.2, 0) is 24.8 Å². The number of sulfonamides is 2. The number of nitrogens with one attached hydrogen (secondary N) is 1. The second-order valence-corrected chi connectivity index (χ2v) is 9.25. The van der Waals surface area contributed by atoms with Gasteiger partial charge < -0.3 is 4.74 Å². The molecule has 1 saturated carbocycles. The van der Waals surface area contributed by atoms with Gasteiger partial charge in [-0.05, 0) is 24.6 Å². The lowest BCUT2D eigenvalue weighted by Crippen LogP contribution is -2.61. The molecule has 1 aliphatic carbocycles. The van der Waals surface area contributed by atoms with Crippen LogP contribution in [0.5, 0.6) is 0 Å². The Labute approximate surface area is 131 Å². The van der Waals surface area contributed by atoms with Gasteiger partial charge >= 0.3 is 0 Å². The van der Waals surface area contributed by atoms with Crippen LogP contribution < -0.4 is 9.86 Å². The summed E-state index contributed by atoms with van der Waals surface area (Å²) in [5.74, 6) is 0. The van der Waals surface area contributed by atoms with E-state index in [4.69, 9.17) is 9.88 Å². The molecule has 22 heavy (non-hydrogen) atoms. The molecule has 0 aromatic heterocycles. The number of methoxy groups -OCH3 is 1. The van der Waals surface area contributed by atoms with Gasteiger partial charge in [0.05, 0.1) is 15.9 Å². The fraction of sp³-hybridized carbons (Fsp3) is 0.538. The molecule has 1 fully saturated rings. The first kappa shape index (κ1) is 17.4. The van der Waals surface area contributed by atoms with E-state index in [-0.39, 0.29) is 27.4 Å². The molecule has 0 amide bonds. The molecule has 3 N–H and O–H groups in total. The molecule has 1 aliphatic rings. The molecule has 0 saturated heterocycles. The summed E-state index contributed by atoms with van der Waals surface area (Å²) in [7, 11) is -6.19. The Kier molecular flexibility index (Phi) is 4.39. The van der Waals surface area contributed by atoms with Gasteiger partial charge in [0.1, 0.15) is 0 Å². The molecule has 1 aromatic carbocycles. The Bertz CT molecular complexity index is 771. The number of benzene rings is 1. The molecule has 0 heterocycles. The third-order valence-corrected chi connectivity index (χ3v) is 6.58. The van der Waals surface area contributed by atoms with Gasteiger partial charge in [-0.25, -0.2) is 26.7 Å². The SMILES string of the molecule is COC1CC(NS(=O)(=O)c2cccc(S(N)(=O)=O)c2)C1(C)C. The fourth-order valence-corrected chi connectivity index (χ4v) is 4.64. The third-order valence-electron chi connectivity index (χ3n) is 4.20. The first-order valence-corrected chi connectivity index (χ1v) is 9.69. The van der Waals surface area contributed by atoms with E-state index in [1.165, 1.54) is 18.2 Å². The topological polar surface area (TPSA) is 116 Å². The van der Waals surface area contributed by atoms with Crippen LogP contribution in [0.2, 0.25) is 0 Å². The van der Waals surface area contributed by atoms with Crippen LogP contribution in [0.4, 0.5) is 0 Å². The van der Waals surface area contributed by atoms with Crippen LogP contribution in [0.3, 0.4) is 0 Å². The Morgan fingerprint density at radius 1 is 1.23 bits per heavy atom. The maximum atomic E-state index is 12.4. The highest BCUT2D eigenvalue weighted by Gasteiger charge is 2.50. The number of rotatable bonds is 5. The predicted molar refractivity (Wildman–Crippen MR) is 81.1 cm³/mol. The molecular formula is C13H20N2O5S2. The Balaban J connectivity index is 2.26. The highest BCUT2D eigenvalue weighted by molar-refractivity contribution is 7.90. The van der Waals surface area contributed by atoms with Crippen molar-refractivity contribution in [3.05, 3.63) is 24.3 Å². The summed E-state index contributed by atoms with van der Waals surface area (Å²) >= 11 is 0. The second kappa shape index (κ2) is 5.57. The van der Waals surface area contributed by atoms with Crippen molar-refractivity contribution < 1.29 is 21.6 Å².